The maximum Gasteiger partial charge on any atom is 0.124 e. The van der Waals surface area contributed by atoms with Crippen LogP contribution in [0.3, 0.4) is 0 Å². The van der Waals surface area contributed by atoms with Crippen LogP contribution in [0.15, 0.2) is 29.8 Å². The molecule has 0 saturated carbocycles. The van der Waals surface area contributed by atoms with Crippen LogP contribution in [-0.2, 0) is 6.54 Å². The fourth-order valence-electron chi connectivity index (χ4n) is 1.48. The first-order valence-electron chi connectivity index (χ1n) is 5.84. The predicted molar refractivity (Wildman–Crippen MR) is 73.6 cm³/mol. The monoisotopic (exact) mass is 253 g/mol. The molecule has 1 rings (SSSR count). The fraction of sp³-hybridized carbons (Fsp3) is 0.429. The Morgan fingerprint density at radius 2 is 2.18 bits per heavy atom. The van der Waals surface area contributed by atoms with Crippen LogP contribution in [0.4, 0.5) is 0 Å². The number of ether oxygens (including phenoxy) is 1. The second-order valence-electron chi connectivity index (χ2n) is 4.32. The highest BCUT2D eigenvalue weighted by molar-refractivity contribution is 6.25. The van der Waals surface area contributed by atoms with Gasteiger partial charge < -0.3 is 10.1 Å². The Morgan fingerprint density at radius 3 is 2.82 bits per heavy atom. The van der Waals surface area contributed by atoms with Gasteiger partial charge in [0.05, 0.1) is 0 Å². The van der Waals surface area contributed by atoms with Gasteiger partial charge in [0.25, 0.3) is 0 Å². The first-order chi connectivity index (χ1) is 8.13. The number of hydrogen-bond acceptors (Lipinski definition) is 2. The van der Waals surface area contributed by atoms with Gasteiger partial charge in [-0.15, -0.1) is 0 Å². The Hall–Kier alpha value is -0.990. The molecule has 0 atom stereocenters. The van der Waals surface area contributed by atoms with E-state index in [9.17, 15) is 0 Å². The molecule has 0 unspecified atom stereocenters. The molecule has 0 heterocycles. The van der Waals surface area contributed by atoms with Crippen molar-refractivity contribution in [1.29, 1.82) is 0 Å². The second-order valence-corrected chi connectivity index (χ2v) is 4.57. The van der Waals surface area contributed by atoms with E-state index < -0.39 is 0 Å². The van der Waals surface area contributed by atoms with Gasteiger partial charge in [-0.2, -0.15) is 0 Å². The van der Waals surface area contributed by atoms with Crippen LogP contribution in [0.5, 0.6) is 5.75 Å². The molecular formula is C14H20ClNO. The molecule has 2 nitrogen and oxygen atoms in total. The van der Waals surface area contributed by atoms with Crippen LogP contribution in [0.25, 0.3) is 0 Å². The molecule has 3 heteroatoms. The van der Waals surface area contributed by atoms with Crippen LogP contribution in [0, 0.1) is 6.92 Å². The minimum absolute atomic E-state index is 0.464. The minimum atomic E-state index is 0.464. The number of hydrogen-bond donors (Lipinski definition) is 1. The van der Waals surface area contributed by atoms with Crippen LogP contribution in [0.2, 0.25) is 0 Å². The van der Waals surface area contributed by atoms with Crippen molar-refractivity contribution in [2.24, 2.45) is 0 Å². The second kappa shape index (κ2) is 7.36. The standard InChI is InChI=1S/C14H20ClNO/c1-11(2)16-10-13-9-12(3)5-6-14(13)17-8-4-7-15/h4-7,9,11,16H,8,10H2,1-3H3. The van der Waals surface area contributed by atoms with Gasteiger partial charge in [0.2, 0.25) is 0 Å². The number of nitrogens with one attached hydrogen (secondary N) is 1. The van der Waals surface area contributed by atoms with E-state index in [4.69, 9.17) is 16.3 Å². The lowest BCUT2D eigenvalue weighted by atomic mass is 10.1. The lowest BCUT2D eigenvalue weighted by molar-refractivity contribution is 0.357. The Balaban J connectivity index is 2.72. The summed E-state index contributed by atoms with van der Waals surface area (Å²) in [7, 11) is 0. The Morgan fingerprint density at radius 1 is 1.41 bits per heavy atom. The van der Waals surface area contributed by atoms with E-state index in [1.54, 1.807) is 6.08 Å². The molecule has 0 aromatic heterocycles. The molecule has 0 saturated heterocycles. The normalized spacial score (nSPS) is 11.4. The molecule has 94 valence electrons. The fourth-order valence-corrected chi connectivity index (χ4v) is 1.55. The van der Waals surface area contributed by atoms with Gasteiger partial charge in [0, 0.05) is 23.7 Å². The van der Waals surface area contributed by atoms with E-state index in [1.165, 1.54) is 16.7 Å². The van der Waals surface area contributed by atoms with Crippen molar-refractivity contribution >= 4 is 11.6 Å². The van der Waals surface area contributed by atoms with Crippen LogP contribution in [-0.4, -0.2) is 12.6 Å². The van der Waals surface area contributed by atoms with Crippen molar-refractivity contribution in [2.75, 3.05) is 6.61 Å². The van der Waals surface area contributed by atoms with E-state index >= 15 is 0 Å². The molecular weight excluding hydrogens is 234 g/mol. The summed E-state index contributed by atoms with van der Waals surface area (Å²) >= 11 is 5.46. The Kier molecular flexibility index (Phi) is 6.09. The maximum absolute atomic E-state index is 5.65. The molecule has 0 bridgehead atoms. The van der Waals surface area contributed by atoms with E-state index in [1.807, 2.05) is 6.07 Å². The number of rotatable bonds is 6. The summed E-state index contributed by atoms with van der Waals surface area (Å²) in [6, 6.07) is 6.67. The smallest absolute Gasteiger partial charge is 0.124 e. The van der Waals surface area contributed by atoms with Crippen LogP contribution < -0.4 is 10.1 Å². The summed E-state index contributed by atoms with van der Waals surface area (Å²) < 4.78 is 5.65. The van der Waals surface area contributed by atoms with Gasteiger partial charge in [-0.05, 0) is 19.1 Å². The zero-order chi connectivity index (χ0) is 12.7. The highest BCUT2D eigenvalue weighted by atomic mass is 35.5. The van der Waals surface area contributed by atoms with Gasteiger partial charge >= 0.3 is 0 Å². The molecule has 0 radical (unpaired) electrons. The lowest BCUT2D eigenvalue weighted by Gasteiger charge is -2.13. The van der Waals surface area contributed by atoms with E-state index in [2.05, 4.69) is 38.2 Å². The van der Waals surface area contributed by atoms with E-state index in [-0.39, 0.29) is 0 Å². The number of halogens is 1. The molecule has 0 amide bonds. The minimum Gasteiger partial charge on any atom is -0.489 e. The summed E-state index contributed by atoms with van der Waals surface area (Å²) in [5.74, 6) is 0.915. The lowest BCUT2D eigenvalue weighted by Crippen LogP contribution is -2.22. The largest absolute Gasteiger partial charge is 0.489 e. The molecule has 1 aromatic carbocycles. The first kappa shape index (κ1) is 14.1. The zero-order valence-corrected chi connectivity index (χ0v) is 11.4. The van der Waals surface area contributed by atoms with Crippen molar-refractivity contribution in [2.45, 2.75) is 33.4 Å². The van der Waals surface area contributed by atoms with Crippen molar-refractivity contribution in [3.63, 3.8) is 0 Å². The average Bonchev–Trinajstić information content (AvgIpc) is 2.29. The highest BCUT2D eigenvalue weighted by Gasteiger charge is 2.04. The zero-order valence-electron chi connectivity index (χ0n) is 10.7. The summed E-state index contributed by atoms with van der Waals surface area (Å²) in [5, 5.41) is 3.40. The third-order valence-electron chi connectivity index (χ3n) is 2.34. The SMILES string of the molecule is Cc1ccc(OCC=CCl)c(CNC(C)C)c1. The molecule has 0 aliphatic carbocycles. The predicted octanol–water partition coefficient (Wildman–Crippen LogP) is 3.62. The molecule has 1 N–H and O–H groups in total. The van der Waals surface area contributed by atoms with Crippen LogP contribution >= 0.6 is 11.6 Å². The topological polar surface area (TPSA) is 21.3 Å². The number of aryl methyl sites for hydroxylation is 1. The Bertz CT molecular complexity index is 374. The van der Waals surface area contributed by atoms with Crippen molar-refractivity contribution in [1.82, 2.24) is 5.32 Å². The van der Waals surface area contributed by atoms with Crippen molar-refractivity contribution < 1.29 is 4.74 Å². The third-order valence-corrected chi connectivity index (χ3v) is 2.52. The third kappa shape index (κ3) is 5.24. The van der Waals surface area contributed by atoms with Crippen LogP contribution in [0.1, 0.15) is 25.0 Å². The van der Waals surface area contributed by atoms with E-state index in [0.717, 1.165) is 12.3 Å². The summed E-state index contributed by atoms with van der Waals surface area (Å²) in [4.78, 5) is 0. The molecule has 0 fully saturated rings. The Labute approximate surface area is 109 Å². The maximum atomic E-state index is 5.65. The first-order valence-corrected chi connectivity index (χ1v) is 6.28. The average molecular weight is 254 g/mol. The summed E-state index contributed by atoms with van der Waals surface area (Å²) in [6.45, 7) is 7.67. The van der Waals surface area contributed by atoms with E-state index in [0.29, 0.717) is 12.6 Å². The highest BCUT2D eigenvalue weighted by Crippen LogP contribution is 2.20. The van der Waals surface area contributed by atoms with Crippen molar-refractivity contribution in [3.8, 4) is 5.75 Å². The van der Waals surface area contributed by atoms with Gasteiger partial charge in [-0.3, -0.25) is 0 Å². The molecule has 0 spiro atoms. The van der Waals surface area contributed by atoms with Gasteiger partial charge in [0.15, 0.2) is 0 Å². The number of benzene rings is 1. The molecule has 17 heavy (non-hydrogen) atoms. The van der Waals surface area contributed by atoms with Gasteiger partial charge in [0.1, 0.15) is 12.4 Å². The summed E-state index contributed by atoms with van der Waals surface area (Å²) in [6.07, 6.45) is 1.78. The van der Waals surface area contributed by atoms with Gasteiger partial charge in [-0.1, -0.05) is 43.1 Å². The van der Waals surface area contributed by atoms with Crippen molar-refractivity contribution in [3.05, 3.63) is 40.9 Å². The molecule has 0 aliphatic rings. The van der Waals surface area contributed by atoms with Gasteiger partial charge in [-0.25, -0.2) is 0 Å². The molecule has 0 aliphatic heterocycles. The molecule has 1 aromatic rings. The quantitative estimate of drug-likeness (QED) is 0.836. The summed E-state index contributed by atoms with van der Waals surface area (Å²) in [5.41, 5.74) is 3.90.